The van der Waals surface area contributed by atoms with Gasteiger partial charge in [0.15, 0.2) is 0 Å². The summed E-state index contributed by atoms with van der Waals surface area (Å²) in [7, 11) is 0. The van der Waals surface area contributed by atoms with Crippen LogP contribution in [0.2, 0.25) is 5.02 Å². The van der Waals surface area contributed by atoms with Crippen molar-refractivity contribution in [2.45, 2.75) is 16.9 Å². The van der Waals surface area contributed by atoms with E-state index < -0.39 is 5.76 Å². The number of phenols is 1. The van der Waals surface area contributed by atoms with Gasteiger partial charge in [0.1, 0.15) is 5.75 Å². The van der Waals surface area contributed by atoms with Crippen molar-refractivity contribution in [1.29, 1.82) is 0 Å². The summed E-state index contributed by atoms with van der Waals surface area (Å²) in [5, 5.41) is 10.4. The largest absolute Gasteiger partial charge is 0.506 e. The zero-order chi connectivity index (χ0) is 16.7. The number of benzene rings is 1. The van der Waals surface area contributed by atoms with E-state index in [0.29, 0.717) is 37.4 Å². The van der Waals surface area contributed by atoms with Gasteiger partial charge in [-0.25, -0.2) is 0 Å². The number of alkyl halides is 2. The molecule has 2 heterocycles. The number of thioether (sulfide) groups is 1. The van der Waals surface area contributed by atoms with Gasteiger partial charge in [0, 0.05) is 11.1 Å². The van der Waals surface area contributed by atoms with Gasteiger partial charge in [-0.15, -0.1) is 11.3 Å². The Bertz CT molecular complexity index is 904. The lowest BCUT2D eigenvalue weighted by molar-refractivity contribution is 0.0967. The highest BCUT2D eigenvalue weighted by Crippen LogP contribution is 2.36. The van der Waals surface area contributed by atoms with Crippen LogP contribution in [0.4, 0.5) is 8.78 Å². The third-order valence-corrected chi connectivity index (χ3v) is 5.63. The van der Waals surface area contributed by atoms with E-state index in [9.17, 15) is 18.7 Å². The lowest BCUT2D eigenvalue weighted by Gasteiger charge is -2.06. The average Bonchev–Trinajstić information content (AvgIpc) is 3.06. The van der Waals surface area contributed by atoms with Crippen LogP contribution in [0, 0.1) is 6.92 Å². The first-order valence-electron chi connectivity index (χ1n) is 6.47. The molecule has 23 heavy (non-hydrogen) atoms. The smallest absolute Gasteiger partial charge is 0.289 e. The molecule has 3 aromatic rings. The fraction of sp³-hybridized carbons (Fsp3) is 0.133. The van der Waals surface area contributed by atoms with E-state index in [1.54, 1.807) is 19.1 Å². The van der Waals surface area contributed by atoms with Gasteiger partial charge < -0.3 is 5.11 Å². The number of thiophene rings is 1. The molecule has 3 rings (SSSR count). The molecule has 1 N–H and O–H groups in total. The summed E-state index contributed by atoms with van der Waals surface area (Å²) in [6.45, 7) is 1.74. The summed E-state index contributed by atoms with van der Waals surface area (Å²) >= 11 is 7.50. The van der Waals surface area contributed by atoms with E-state index in [-0.39, 0.29) is 16.7 Å². The Hall–Kier alpha value is -1.57. The minimum Gasteiger partial charge on any atom is -0.506 e. The topological polar surface area (TPSA) is 42.2 Å². The maximum atomic E-state index is 12.7. The van der Waals surface area contributed by atoms with Crippen LogP contribution < -0.4 is 0 Å². The molecule has 2 aromatic heterocycles. The van der Waals surface area contributed by atoms with Crippen LogP contribution in [0.3, 0.4) is 0 Å². The quantitative estimate of drug-likeness (QED) is 0.627. The number of aryl methyl sites for hydroxylation is 1. The molecule has 0 unspecified atom stereocenters. The van der Waals surface area contributed by atoms with Crippen molar-refractivity contribution < 1.29 is 18.7 Å². The number of rotatable bonds is 3. The molecular weight excluding hydrogens is 364 g/mol. The fourth-order valence-electron chi connectivity index (χ4n) is 2.33. The molecule has 0 fully saturated rings. The molecule has 1 aromatic carbocycles. The van der Waals surface area contributed by atoms with Crippen molar-refractivity contribution in [1.82, 2.24) is 4.57 Å². The second kappa shape index (κ2) is 6.14. The van der Waals surface area contributed by atoms with Crippen LogP contribution in [0.5, 0.6) is 5.75 Å². The fourth-order valence-corrected chi connectivity index (χ4v) is 4.22. The van der Waals surface area contributed by atoms with Gasteiger partial charge >= 0.3 is 0 Å². The Balaban J connectivity index is 2.06. The first-order chi connectivity index (χ1) is 10.9. The molecular formula is C15H10ClF2NO2S2. The third-order valence-electron chi connectivity index (χ3n) is 3.28. The summed E-state index contributed by atoms with van der Waals surface area (Å²) in [4.78, 5) is 13.1. The molecule has 0 saturated carbocycles. The standard InChI is InChI=1S/C15H10ClF2NO2S2/c1-7-6-8-9(2-3-10(20)13(8)16)19(7)14(21)11-4-5-12(22-11)23-15(17)18/h2-6,15,20H,1H3. The van der Waals surface area contributed by atoms with Crippen molar-refractivity contribution in [3.05, 3.63) is 45.9 Å². The first kappa shape index (κ1) is 16.3. The molecule has 8 heteroatoms. The normalized spacial score (nSPS) is 11.5. The SMILES string of the molecule is Cc1cc2c(Cl)c(O)ccc2n1C(=O)c1ccc(SC(F)F)s1. The first-order valence-corrected chi connectivity index (χ1v) is 8.54. The van der Waals surface area contributed by atoms with Crippen LogP contribution in [0.25, 0.3) is 10.9 Å². The van der Waals surface area contributed by atoms with E-state index in [2.05, 4.69) is 0 Å². The zero-order valence-corrected chi connectivity index (χ0v) is 14.1. The summed E-state index contributed by atoms with van der Waals surface area (Å²) < 4.78 is 26.6. The second-order valence-electron chi connectivity index (χ2n) is 4.75. The highest BCUT2D eigenvalue weighted by molar-refractivity contribution is 8.01. The van der Waals surface area contributed by atoms with Crippen LogP contribution >= 0.6 is 34.7 Å². The molecule has 0 aliphatic rings. The van der Waals surface area contributed by atoms with Crippen molar-refractivity contribution >= 4 is 51.5 Å². The Morgan fingerprint density at radius 3 is 2.78 bits per heavy atom. The number of nitrogens with zero attached hydrogens (tertiary/aromatic N) is 1. The molecule has 0 saturated heterocycles. The van der Waals surface area contributed by atoms with Crippen LogP contribution in [-0.4, -0.2) is 21.3 Å². The molecule has 0 aliphatic carbocycles. The second-order valence-corrected chi connectivity index (χ2v) is 7.51. The Labute approximate surface area is 143 Å². The van der Waals surface area contributed by atoms with Crippen molar-refractivity contribution in [2.24, 2.45) is 0 Å². The Kier molecular flexibility index (Phi) is 4.35. The predicted octanol–water partition coefficient (Wildman–Crippen LogP) is 5.37. The van der Waals surface area contributed by atoms with E-state index >= 15 is 0 Å². The zero-order valence-electron chi connectivity index (χ0n) is 11.7. The Morgan fingerprint density at radius 1 is 1.35 bits per heavy atom. The molecule has 0 radical (unpaired) electrons. The van der Waals surface area contributed by atoms with E-state index in [0.717, 1.165) is 11.3 Å². The van der Waals surface area contributed by atoms with Crippen LogP contribution in [0.1, 0.15) is 15.4 Å². The number of carbonyl (C=O) groups excluding carboxylic acids is 1. The number of hydrogen-bond donors (Lipinski definition) is 1. The van der Waals surface area contributed by atoms with Crippen LogP contribution in [0.15, 0.2) is 34.5 Å². The molecule has 0 atom stereocenters. The number of carbonyl (C=O) groups is 1. The summed E-state index contributed by atoms with van der Waals surface area (Å²) in [6, 6.07) is 7.77. The summed E-state index contributed by atoms with van der Waals surface area (Å²) in [6.07, 6.45) is 0. The number of aromatic hydroxyl groups is 1. The van der Waals surface area contributed by atoms with Gasteiger partial charge in [-0.2, -0.15) is 8.78 Å². The number of halogens is 3. The van der Waals surface area contributed by atoms with E-state index in [4.69, 9.17) is 11.6 Å². The van der Waals surface area contributed by atoms with Crippen molar-refractivity contribution in [3.63, 3.8) is 0 Å². The predicted molar refractivity (Wildman–Crippen MR) is 89.3 cm³/mol. The number of phenolic OH excluding ortho intramolecular Hbond substituents is 1. The highest BCUT2D eigenvalue weighted by Gasteiger charge is 2.19. The molecule has 0 spiro atoms. The van der Waals surface area contributed by atoms with E-state index in [1.807, 2.05) is 0 Å². The molecule has 3 nitrogen and oxygen atoms in total. The van der Waals surface area contributed by atoms with Gasteiger partial charge in [0.2, 0.25) is 0 Å². The lowest BCUT2D eigenvalue weighted by atomic mass is 10.2. The van der Waals surface area contributed by atoms with Crippen molar-refractivity contribution in [3.8, 4) is 5.75 Å². The van der Waals surface area contributed by atoms with Gasteiger partial charge in [0.25, 0.3) is 11.7 Å². The third kappa shape index (κ3) is 2.96. The lowest BCUT2D eigenvalue weighted by Crippen LogP contribution is -2.11. The number of aromatic nitrogens is 1. The maximum Gasteiger partial charge on any atom is 0.289 e. The van der Waals surface area contributed by atoms with Gasteiger partial charge in [-0.3, -0.25) is 9.36 Å². The minimum atomic E-state index is -2.52. The maximum absolute atomic E-state index is 12.7. The number of fused-ring (bicyclic) bond motifs is 1. The molecule has 0 amide bonds. The monoisotopic (exact) mass is 373 g/mol. The number of hydrogen-bond acceptors (Lipinski definition) is 4. The molecule has 0 aliphatic heterocycles. The van der Waals surface area contributed by atoms with Gasteiger partial charge in [-0.05, 0) is 49.0 Å². The van der Waals surface area contributed by atoms with Gasteiger partial charge in [-0.1, -0.05) is 11.6 Å². The highest BCUT2D eigenvalue weighted by atomic mass is 35.5. The summed E-state index contributed by atoms with van der Waals surface area (Å²) in [5.41, 5.74) is 1.21. The average molecular weight is 374 g/mol. The molecule has 120 valence electrons. The Morgan fingerprint density at radius 2 is 2.09 bits per heavy atom. The van der Waals surface area contributed by atoms with Crippen LogP contribution in [-0.2, 0) is 0 Å². The summed E-state index contributed by atoms with van der Waals surface area (Å²) in [5.74, 6) is -2.89. The van der Waals surface area contributed by atoms with E-state index in [1.165, 1.54) is 22.8 Å². The molecule has 0 bridgehead atoms. The minimum absolute atomic E-state index is 0.0597. The van der Waals surface area contributed by atoms with Gasteiger partial charge in [0.05, 0.1) is 19.6 Å². The van der Waals surface area contributed by atoms with Crippen molar-refractivity contribution in [2.75, 3.05) is 0 Å².